The molecule has 0 N–H and O–H groups in total. The molecule has 1 rings (SSSR count). The predicted molar refractivity (Wildman–Crippen MR) is 87.0 cm³/mol. The highest BCUT2D eigenvalue weighted by atomic mass is 19.1. The molecule has 1 aromatic carbocycles. The monoisotopic (exact) mass is 278 g/mol. The predicted octanol–water partition coefficient (Wildman–Crippen LogP) is 6.29. The summed E-state index contributed by atoms with van der Waals surface area (Å²) in [4.78, 5) is 0. The first-order valence-electron chi connectivity index (χ1n) is 8.09. The van der Waals surface area contributed by atoms with Crippen LogP contribution in [0, 0.1) is 12.7 Å². The molecule has 0 spiro atoms. The van der Waals surface area contributed by atoms with Gasteiger partial charge in [0.25, 0.3) is 0 Å². The molecule has 0 amide bonds. The Hall–Kier alpha value is -0.850. The third-order valence-corrected chi connectivity index (χ3v) is 5.74. The molecule has 0 aliphatic heterocycles. The largest absolute Gasteiger partial charge is 0.207 e. The first kappa shape index (κ1) is 17.2. The molecule has 0 aliphatic carbocycles. The molecule has 0 heterocycles. The fourth-order valence-corrected chi connectivity index (χ4v) is 3.06. The van der Waals surface area contributed by atoms with E-state index in [4.69, 9.17) is 0 Å². The number of hydrogen-bond acceptors (Lipinski definition) is 0. The molecule has 0 saturated heterocycles. The fourth-order valence-electron chi connectivity index (χ4n) is 3.06. The minimum absolute atomic E-state index is 0.0232. The van der Waals surface area contributed by atoms with E-state index < -0.39 is 0 Å². The maximum absolute atomic E-state index is 14.7. The molecular formula is C19H31F. The van der Waals surface area contributed by atoms with Gasteiger partial charge in [0.1, 0.15) is 5.82 Å². The van der Waals surface area contributed by atoms with E-state index in [2.05, 4.69) is 54.5 Å². The number of halogens is 1. The standard InChI is InChI=1S/C19H31F/c1-8-18(6,9-2)15-13-17(20)16(12-14(15)5)19(7,10-3)11-4/h12-13H,8-11H2,1-7H3. The minimum atomic E-state index is -0.0534. The SMILES string of the molecule is CCC(C)(CC)c1cc(F)c(C(C)(CC)CC)cc1C. The van der Waals surface area contributed by atoms with Crippen molar-refractivity contribution in [2.24, 2.45) is 0 Å². The summed E-state index contributed by atoms with van der Waals surface area (Å²) in [6.45, 7) is 15.2. The van der Waals surface area contributed by atoms with Crippen molar-refractivity contribution >= 4 is 0 Å². The number of aryl methyl sites for hydroxylation is 1. The molecule has 0 fully saturated rings. The Balaban J connectivity index is 3.43. The molecule has 1 heteroatoms. The molecule has 0 nitrogen and oxygen atoms in total. The molecule has 20 heavy (non-hydrogen) atoms. The maximum atomic E-state index is 14.7. The van der Waals surface area contributed by atoms with Crippen LogP contribution in [0.1, 0.15) is 83.9 Å². The summed E-state index contributed by atoms with van der Waals surface area (Å²) < 4.78 is 14.7. The van der Waals surface area contributed by atoms with Gasteiger partial charge < -0.3 is 0 Å². The van der Waals surface area contributed by atoms with Gasteiger partial charge in [-0.05, 0) is 66.2 Å². The summed E-state index contributed by atoms with van der Waals surface area (Å²) in [7, 11) is 0. The van der Waals surface area contributed by atoms with Gasteiger partial charge in [0.05, 0.1) is 0 Å². The van der Waals surface area contributed by atoms with E-state index in [0.717, 1.165) is 31.2 Å². The lowest BCUT2D eigenvalue weighted by Crippen LogP contribution is -2.25. The zero-order valence-corrected chi connectivity index (χ0v) is 14.4. The average molecular weight is 278 g/mol. The number of benzene rings is 1. The van der Waals surface area contributed by atoms with Gasteiger partial charge in [0.2, 0.25) is 0 Å². The van der Waals surface area contributed by atoms with Crippen molar-refractivity contribution in [1.82, 2.24) is 0 Å². The van der Waals surface area contributed by atoms with Gasteiger partial charge in [-0.25, -0.2) is 4.39 Å². The topological polar surface area (TPSA) is 0 Å². The van der Waals surface area contributed by atoms with Crippen LogP contribution < -0.4 is 0 Å². The highest BCUT2D eigenvalue weighted by molar-refractivity contribution is 5.40. The molecular weight excluding hydrogens is 247 g/mol. The van der Waals surface area contributed by atoms with E-state index in [1.54, 1.807) is 6.07 Å². The van der Waals surface area contributed by atoms with E-state index in [9.17, 15) is 4.39 Å². The van der Waals surface area contributed by atoms with Gasteiger partial charge in [-0.2, -0.15) is 0 Å². The second-order valence-corrected chi connectivity index (χ2v) is 6.68. The first-order chi connectivity index (χ1) is 9.27. The quantitative estimate of drug-likeness (QED) is 0.573. The van der Waals surface area contributed by atoms with Crippen LogP contribution in [-0.4, -0.2) is 0 Å². The van der Waals surface area contributed by atoms with Crippen LogP contribution in [0.25, 0.3) is 0 Å². The van der Waals surface area contributed by atoms with Crippen molar-refractivity contribution in [1.29, 1.82) is 0 Å². The summed E-state index contributed by atoms with van der Waals surface area (Å²) in [5, 5.41) is 0. The number of hydrogen-bond donors (Lipinski definition) is 0. The number of rotatable bonds is 6. The van der Waals surface area contributed by atoms with Gasteiger partial charge in [0, 0.05) is 0 Å². The fraction of sp³-hybridized carbons (Fsp3) is 0.684. The van der Waals surface area contributed by atoms with Crippen LogP contribution in [-0.2, 0) is 10.8 Å². The third-order valence-electron chi connectivity index (χ3n) is 5.74. The van der Waals surface area contributed by atoms with E-state index in [-0.39, 0.29) is 16.6 Å². The van der Waals surface area contributed by atoms with Gasteiger partial charge in [-0.15, -0.1) is 0 Å². The summed E-state index contributed by atoms with van der Waals surface area (Å²) in [5.74, 6) is -0.0232. The van der Waals surface area contributed by atoms with Crippen molar-refractivity contribution < 1.29 is 4.39 Å². The van der Waals surface area contributed by atoms with Crippen molar-refractivity contribution in [3.63, 3.8) is 0 Å². The zero-order valence-electron chi connectivity index (χ0n) is 14.4. The second-order valence-electron chi connectivity index (χ2n) is 6.68. The average Bonchev–Trinajstić information content (AvgIpc) is 2.47. The van der Waals surface area contributed by atoms with E-state index in [1.807, 2.05) is 0 Å². The summed E-state index contributed by atoms with van der Waals surface area (Å²) in [6.07, 6.45) is 4.03. The van der Waals surface area contributed by atoms with Gasteiger partial charge in [-0.1, -0.05) is 47.6 Å². The molecule has 0 saturated carbocycles. The highest BCUT2D eigenvalue weighted by Crippen LogP contribution is 2.39. The molecule has 0 atom stereocenters. The van der Waals surface area contributed by atoms with Crippen molar-refractivity contribution in [3.8, 4) is 0 Å². The second kappa shape index (κ2) is 6.28. The summed E-state index contributed by atoms with van der Waals surface area (Å²) in [5.41, 5.74) is 3.33. The first-order valence-corrected chi connectivity index (χ1v) is 8.09. The molecule has 0 aromatic heterocycles. The Kier molecular flexibility index (Phi) is 5.40. The van der Waals surface area contributed by atoms with Crippen molar-refractivity contribution in [2.75, 3.05) is 0 Å². The maximum Gasteiger partial charge on any atom is 0.127 e. The molecule has 0 radical (unpaired) electrons. The van der Waals surface area contributed by atoms with Crippen LogP contribution in [0.5, 0.6) is 0 Å². The summed E-state index contributed by atoms with van der Waals surface area (Å²) >= 11 is 0. The molecule has 1 aromatic rings. The lowest BCUT2D eigenvalue weighted by Gasteiger charge is -2.33. The van der Waals surface area contributed by atoms with Crippen molar-refractivity contribution in [3.05, 3.63) is 34.6 Å². The van der Waals surface area contributed by atoms with Crippen LogP contribution in [0.4, 0.5) is 4.39 Å². The van der Waals surface area contributed by atoms with Crippen LogP contribution in [0.15, 0.2) is 12.1 Å². The third kappa shape index (κ3) is 2.92. The van der Waals surface area contributed by atoms with Crippen LogP contribution in [0.3, 0.4) is 0 Å². The van der Waals surface area contributed by atoms with E-state index >= 15 is 0 Å². The smallest absolute Gasteiger partial charge is 0.127 e. The Morgan fingerprint density at radius 1 is 0.800 bits per heavy atom. The Morgan fingerprint density at radius 3 is 1.60 bits per heavy atom. The van der Waals surface area contributed by atoms with E-state index in [0.29, 0.717) is 0 Å². The Labute approximate surface area is 124 Å². The Bertz CT molecular complexity index is 407. The van der Waals surface area contributed by atoms with E-state index in [1.165, 1.54) is 11.1 Å². The van der Waals surface area contributed by atoms with Gasteiger partial charge in [0.15, 0.2) is 0 Å². The van der Waals surface area contributed by atoms with Gasteiger partial charge >= 0.3 is 0 Å². The zero-order chi connectivity index (χ0) is 15.6. The lowest BCUT2D eigenvalue weighted by atomic mass is 9.72. The van der Waals surface area contributed by atoms with Gasteiger partial charge in [-0.3, -0.25) is 0 Å². The van der Waals surface area contributed by atoms with Crippen LogP contribution >= 0.6 is 0 Å². The molecule has 0 unspecified atom stereocenters. The normalized spacial score (nSPS) is 12.8. The van der Waals surface area contributed by atoms with Crippen molar-refractivity contribution in [2.45, 2.75) is 85.0 Å². The summed E-state index contributed by atoms with van der Waals surface area (Å²) in [6, 6.07) is 3.91. The highest BCUT2D eigenvalue weighted by Gasteiger charge is 2.30. The molecule has 0 bridgehead atoms. The minimum Gasteiger partial charge on any atom is -0.207 e. The molecule has 114 valence electrons. The Morgan fingerprint density at radius 2 is 1.20 bits per heavy atom. The van der Waals surface area contributed by atoms with Crippen LogP contribution in [0.2, 0.25) is 0 Å². The molecule has 0 aliphatic rings. The lowest BCUT2D eigenvalue weighted by molar-refractivity contribution is 0.406.